The lowest BCUT2D eigenvalue weighted by molar-refractivity contribution is 0.345. The number of aryl methyl sites for hydroxylation is 1. The molecule has 0 aliphatic heterocycles. The SMILES string of the molecule is Cc1ccccc1CSCCNCC1CCCCC1. The summed E-state index contributed by atoms with van der Waals surface area (Å²) < 4.78 is 0. The van der Waals surface area contributed by atoms with Gasteiger partial charge in [-0.2, -0.15) is 11.8 Å². The van der Waals surface area contributed by atoms with Crippen LogP contribution in [0.5, 0.6) is 0 Å². The average Bonchev–Trinajstić information content (AvgIpc) is 2.45. The van der Waals surface area contributed by atoms with Crippen molar-refractivity contribution in [2.45, 2.75) is 44.8 Å². The molecule has 1 aromatic carbocycles. The number of nitrogens with one attached hydrogen (secondary N) is 1. The second-order valence-corrected chi connectivity index (χ2v) is 6.79. The summed E-state index contributed by atoms with van der Waals surface area (Å²) in [6.07, 6.45) is 7.26. The third-order valence-electron chi connectivity index (χ3n) is 4.10. The van der Waals surface area contributed by atoms with Gasteiger partial charge in [0.25, 0.3) is 0 Å². The maximum absolute atomic E-state index is 3.64. The van der Waals surface area contributed by atoms with Gasteiger partial charge in [-0.1, -0.05) is 43.5 Å². The fourth-order valence-corrected chi connectivity index (χ4v) is 3.77. The van der Waals surface area contributed by atoms with Gasteiger partial charge in [-0.15, -0.1) is 0 Å². The second kappa shape index (κ2) is 8.65. The molecule has 0 unspecified atom stereocenters. The van der Waals surface area contributed by atoms with Crippen LogP contribution in [0.1, 0.15) is 43.2 Å². The predicted molar refractivity (Wildman–Crippen MR) is 86.8 cm³/mol. The first kappa shape index (κ1) is 14.9. The first-order valence-corrected chi connectivity index (χ1v) is 8.84. The molecule has 0 amide bonds. The molecule has 0 aromatic heterocycles. The Labute approximate surface area is 122 Å². The van der Waals surface area contributed by atoms with Crippen molar-refractivity contribution in [3.05, 3.63) is 35.4 Å². The Hall–Kier alpha value is -0.470. The molecule has 0 heterocycles. The summed E-state index contributed by atoms with van der Waals surface area (Å²) in [5.41, 5.74) is 2.91. The topological polar surface area (TPSA) is 12.0 Å². The maximum atomic E-state index is 3.64. The molecule has 106 valence electrons. The minimum absolute atomic E-state index is 0.954. The van der Waals surface area contributed by atoms with Crippen molar-refractivity contribution in [2.24, 2.45) is 5.92 Å². The number of rotatable bonds is 7. The van der Waals surface area contributed by atoms with Crippen LogP contribution < -0.4 is 5.32 Å². The van der Waals surface area contributed by atoms with E-state index >= 15 is 0 Å². The number of benzene rings is 1. The lowest BCUT2D eigenvalue weighted by Gasteiger charge is -2.21. The van der Waals surface area contributed by atoms with Crippen LogP contribution in [0, 0.1) is 12.8 Å². The van der Waals surface area contributed by atoms with E-state index < -0.39 is 0 Å². The minimum atomic E-state index is 0.954. The van der Waals surface area contributed by atoms with Crippen LogP contribution in [-0.2, 0) is 5.75 Å². The Bertz CT molecular complexity index is 358. The Kier molecular flexibility index (Phi) is 6.80. The van der Waals surface area contributed by atoms with Crippen molar-refractivity contribution in [1.82, 2.24) is 5.32 Å². The van der Waals surface area contributed by atoms with Crippen molar-refractivity contribution < 1.29 is 0 Å². The van der Waals surface area contributed by atoms with Crippen molar-refractivity contribution in [3.8, 4) is 0 Å². The zero-order chi connectivity index (χ0) is 13.3. The highest BCUT2D eigenvalue weighted by molar-refractivity contribution is 7.98. The molecule has 1 aromatic rings. The largest absolute Gasteiger partial charge is 0.316 e. The highest BCUT2D eigenvalue weighted by Gasteiger charge is 2.12. The first-order valence-electron chi connectivity index (χ1n) is 7.69. The van der Waals surface area contributed by atoms with Crippen molar-refractivity contribution in [3.63, 3.8) is 0 Å². The van der Waals surface area contributed by atoms with Gasteiger partial charge in [0.15, 0.2) is 0 Å². The van der Waals surface area contributed by atoms with Crippen molar-refractivity contribution in [2.75, 3.05) is 18.8 Å². The lowest BCUT2D eigenvalue weighted by atomic mass is 9.89. The van der Waals surface area contributed by atoms with Gasteiger partial charge in [0.05, 0.1) is 0 Å². The van der Waals surface area contributed by atoms with E-state index in [1.54, 1.807) is 0 Å². The molecule has 1 aliphatic rings. The fraction of sp³-hybridized carbons (Fsp3) is 0.647. The number of hydrogen-bond acceptors (Lipinski definition) is 2. The molecule has 1 nitrogen and oxygen atoms in total. The molecule has 0 spiro atoms. The van der Waals surface area contributed by atoms with Gasteiger partial charge in [0.1, 0.15) is 0 Å². The standard InChI is InChI=1S/C17H27NS/c1-15-7-5-6-10-17(15)14-19-12-11-18-13-16-8-3-2-4-9-16/h5-7,10,16,18H,2-4,8-9,11-14H2,1H3. The average molecular weight is 277 g/mol. The lowest BCUT2D eigenvalue weighted by Crippen LogP contribution is -2.26. The minimum Gasteiger partial charge on any atom is -0.316 e. The highest BCUT2D eigenvalue weighted by atomic mass is 32.2. The molecule has 1 saturated carbocycles. The van der Waals surface area contributed by atoms with Gasteiger partial charge in [-0.05, 0) is 43.4 Å². The van der Waals surface area contributed by atoms with Crippen molar-refractivity contribution in [1.29, 1.82) is 0 Å². The van der Waals surface area contributed by atoms with Crippen LogP contribution in [0.3, 0.4) is 0 Å². The normalized spacial score (nSPS) is 16.7. The van der Waals surface area contributed by atoms with Crippen molar-refractivity contribution >= 4 is 11.8 Å². The van der Waals surface area contributed by atoms with E-state index in [0.717, 1.165) is 18.2 Å². The molecular formula is C17H27NS. The molecule has 2 heteroatoms. The van der Waals surface area contributed by atoms with Crippen LogP contribution in [0.2, 0.25) is 0 Å². The Morgan fingerprint density at radius 1 is 1.16 bits per heavy atom. The molecule has 2 rings (SSSR count). The third kappa shape index (κ3) is 5.58. The van der Waals surface area contributed by atoms with Gasteiger partial charge >= 0.3 is 0 Å². The summed E-state index contributed by atoms with van der Waals surface area (Å²) in [6, 6.07) is 8.72. The van der Waals surface area contributed by atoms with Gasteiger partial charge < -0.3 is 5.32 Å². The maximum Gasteiger partial charge on any atom is 0.0187 e. The quantitative estimate of drug-likeness (QED) is 0.741. The van der Waals surface area contributed by atoms with Crippen LogP contribution in [0.15, 0.2) is 24.3 Å². The molecular weight excluding hydrogens is 250 g/mol. The summed E-state index contributed by atoms with van der Waals surface area (Å²) >= 11 is 2.04. The van der Waals surface area contributed by atoms with E-state index in [0.29, 0.717) is 0 Å². The van der Waals surface area contributed by atoms with E-state index in [1.807, 2.05) is 11.8 Å². The smallest absolute Gasteiger partial charge is 0.0187 e. The molecule has 0 saturated heterocycles. The van der Waals surface area contributed by atoms with E-state index in [2.05, 4.69) is 36.5 Å². The summed E-state index contributed by atoms with van der Waals surface area (Å²) in [6.45, 7) is 4.61. The van der Waals surface area contributed by atoms with Crippen LogP contribution >= 0.6 is 11.8 Å². The van der Waals surface area contributed by atoms with E-state index in [-0.39, 0.29) is 0 Å². The zero-order valence-corrected chi connectivity index (χ0v) is 13.0. The molecule has 19 heavy (non-hydrogen) atoms. The Morgan fingerprint density at radius 3 is 2.74 bits per heavy atom. The summed E-state index contributed by atoms with van der Waals surface area (Å²) in [7, 11) is 0. The monoisotopic (exact) mass is 277 g/mol. The van der Waals surface area contributed by atoms with Gasteiger partial charge in [-0.25, -0.2) is 0 Å². The fourth-order valence-electron chi connectivity index (χ4n) is 2.80. The van der Waals surface area contributed by atoms with Crippen LogP contribution in [-0.4, -0.2) is 18.8 Å². The molecule has 1 N–H and O–H groups in total. The van der Waals surface area contributed by atoms with E-state index in [9.17, 15) is 0 Å². The third-order valence-corrected chi connectivity index (χ3v) is 5.11. The summed E-state index contributed by atoms with van der Waals surface area (Å²) in [4.78, 5) is 0. The van der Waals surface area contributed by atoms with Gasteiger partial charge in [-0.3, -0.25) is 0 Å². The Balaban J connectivity index is 1.51. The van der Waals surface area contributed by atoms with Crippen LogP contribution in [0.25, 0.3) is 0 Å². The molecule has 0 radical (unpaired) electrons. The number of thioether (sulfide) groups is 1. The summed E-state index contributed by atoms with van der Waals surface area (Å²) in [5, 5.41) is 3.64. The zero-order valence-electron chi connectivity index (χ0n) is 12.2. The van der Waals surface area contributed by atoms with Gasteiger partial charge in [0, 0.05) is 18.1 Å². The van der Waals surface area contributed by atoms with E-state index in [4.69, 9.17) is 0 Å². The van der Waals surface area contributed by atoms with Gasteiger partial charge in [0.2, 0.25) is 0 Å². The van der Waals surface area contributed by atoms with E-state index in [1.165, 1.54) is 55.5 Å². The predicted octanol–water partition coefficient (Wildman–Crippen LogP) is 4.40. The molecule has 0 atom stereocenters. The molecule has 0 bridgehead atoms. The second-order valence-electron chi connectivity index (χ2n) is 5.69. The Morgan fingerprint density at radius 2 is 1.95 bits per heavy atom. The summed E-state index contributed by atoms with van der Waals surface area (Å²) in [5.74, 6) is 3.33. The number of hydrogen-bond donors (Lipinski definition) is 1. The first-order chi connectivity index (χ1) is 9.36. The molecule has 1 aliphatic carbocycles. The molecule has 1 fully saturated rings. The van der Waals surface area contributed by atoms with Crippen LogP contribution in [0.4, 0.5) is 0 Å². The highest BCUT2D eigenvalue weighted by Crippen LogP contribution is 2.22.